The molecule has 0 rings (SSSR count). The summed E-state index contributed by atoms with van der Waals surface area (Å²) >= 11 is 0. The van der Waals surface area contributed by atoms with Crippen molar-refractivity contribution in [2.45, 2.75) is 6.42 Å². The zero-order valence-corrected chi connectivity index (χ0v) is 5.52. The van der Waals surface area contributed by atoms with E-state index in [-0.39, 0.29) is 13.0 Å². The van der Waals surface area contributed by atoms with Crippen LogP contribution in [0.4, 0.5) is 0 Å². The second kappa shape index (κ2) is 4.41. The van der Waals surface area contributed by atoms with Gasteiger partial charge in [-0.15, -0.1) is 0 Å². The fourth-order valence-electron chi connectivity index (χ4n) is 0.433. The highest BCUT2D eigenvalue weighted by Crippen LogP contribution is 2.05. The second-order valence-corrected chi connectivity index (χ2v) is 1.63. The average molecular weight is 163 g/mol. The molecule has 0 spiro atoms. The molecule has 0 amide bonds. The van der Waals surface area contributed by atoms with Crippen molar-refractivity contribution in [1.82, 2.24) is 5.43 Å². The van der Waals surface area contributed by atoms with Crippen molar-refractivity contribution in [3.05, 3.63) is 26.4 Å². The molecule has 0 aliphatic carbocycles. The zero-order valence-electron chi connectivity index (χ0n) is 5.52. The van der Waals surface area contributed by atoms with Crippen LogP contribution in [-0.2, 0) is 0 Å². The van der Waals surface area contributed by atoms with E-state index in [4.69, 9.17) is 5.84 Å². The maximum absolute atomic E-state index is 9.91. The third kappa shape index (κ3) is 3.33. The molecule has 0 aromatic rings. The van der Waals surface area contributed by atoms with Crippen molar-refractivity contribution >= 4 is 0 Å². The van der Waals surface area contributed by atoms with Gasteiger partial charge in [0.25, 0.3) is 6.17 Å². The molecule has 0 aliphatic heterocycles. The van der Waals surface area contributed by atoms with Crippen LogP contribution in [0.1, 0.15) is 6.42 Å². The van der Waals surface area contributed by atoms with E-state index in [1.807, 2.05) is 0 Å². The molecule has 0 aromatic heterocycles. The number of nitrogens with one attached hydrogen (secondary N) is 1. The fourth-order valence-corrected chi connectivity index (χ4v) is 0.433. The van der Waals surface area contributed by atoms with Crippen LogP contribution in [0.5, 0.6) is 0 Å². The normalized spacial score (nSPS) is 9.18. The quantitative estimate of drug-likeness (QED) is 0.229. The predicted octanol–water partition coefficient (Wildman–Crippen LogP) is -1.12. The number of nitro groups is 2. The smallest absolute Gasteiger partial charge is 0.265 e. The number of rotatable bonds is 5. The average Bonchev–Trinajstić information content (AvgIpc) is 1.87. The standard InChI is InChI=1S/C3H7N4O4/c4-5-2-1-3(6(8)9)7(10)11/h5H,1-2,4H2/q-1. The molecule has 0 atom stereocenters. The first-order valence-corrected chi connectivity index (χ1v) is 2.67. The van der Waals surface area contributed by atoms with Crippen LogP contribution < -0.4 is 11.3 Å². The van der Waals surface area contributed by atoms with E-state index in [2.05, 4.69) is 5.43 Å². The molecule has 0 aromatic carbocycles. The minimum absolute atomic E-state index is 0.0112. The Morgan fingerprint density at radius 3 is 2.09 bits per heavy atom. The van der Waals surface area contributed by atoms with Gasteiger partial charge in [-0.1, -0.05) is 0 Å². The van der Waals surface area contributed by atoms with E-state index in [1.54, 1.807) is 0 Å². The molecule has 0 heterocycles. The topological polar surface area (TPSA) is 124 Å². The molecule has 0 aliphatic rings. The summed E-state index contributed by atoms with van der Waals surface area (Å²) in [6, 6.07) is 0. The maximum Gasteiger partial charge on any atom is 0.265 e. The van der Waals surface area contributed by atoms with E-state index >= 15 is 0 Å². The predicted molar refractivity (Wildman–Crippen MR) is 34.0 cm³/mol. The first-order valence-electron chi connectivity index (χ1n) is 2.67. The molecule has 8 heteroatoms. The molecule has 0 saturated heterocycles. The molecule has 64 valence electrons. The van der Waals surface area contributed by atoms with Gasteiger partial charge in [-0.3, -0.25) is 31.5 Å². The van der Waals surface area contributed by atoms with Gasteiger partial charge in [-0.05, 0) is 22.8 Å². The summed E-state index contributed by atoms with van der Waals surface area (Å²) in [6.45, 7) is 0.0112. The van der Waals surface area contributed by atoms with Crippen LogP contribution in [-0.4, -0.2) is 16.4 Å². The van der Waals surface area contributed by atoms with Crippen molar-refractivity contribution in [1.29, 1.82) is 0 Å². The largest absolute Gasteiger partial charge is 0.289 e. The number of nitrogens with zero attached hydrogens (tertiary/aromatic N) is 2. The van der Waals surface area contributed by atoms with Gasteiger partial charge in [0.1, 0.15) is 0 Å². The summed E-state index contributed by atoms with van der Waals surface area (Å²) in [6.07, 6.45) is -1.25. The van der Waals surface area contributed by atoms with Gasteiger partial charge < -0.3 is 0 Å². The Hall–Kier alpha value is -1.41. The first-order chi connectivity index (χ1) is 5.09. The summed E-state index contributed by atoms with van der Waals surface area (Å²) < 4.78 is 0. The highest BCUT2D eigenvalue weighted by atomic mass is 16.7. The van der Waals surface area contributed by atoms with Crippen LogP contribution in [0.3, 0.4) is 0 Å². The highest BCUT2D eigenvalue weighted by Gasteiger charge is 2.17. The van der Waals surface area contributed by atoms with Crippen LogP contribution in [0, 0.1) is 26.4 Å². The fraction of sp³-hybridized carbons (Fsp3) is 0.667. The van der Waals surface area contributed by atoms with E-state index in [9.17, 15) is 20.2 Å². The molecule has 11 heavy (non-hydrogen) atoms. The summed E-state index contributed by atoms with van der Waals surface area (Å²) in [5, 5.41) is 19.8. The summed E-state index contributed by atoms with van der Waals surface area (Å²) in [5.41, 5.74) is 2.08. The molecule has 0 bridgehead atoms. The third-order valence-corrected chi connectivity index (χ3v) is 0.914. The van der Waals surface area contributed by atoms with Crippen molar-refractivity contribution in [3.8, 4) is 0 Å². The Labute approximate surface area is 61.6 Å². The van der Waals surface area contributed by atoms with Crippen molar-refractivity contribution in [3.63, 3.8) is 0 Å². The van der Waals surface area contributed by atoms with E-state index in [1.165, 1.54) is 0 Å². The van der Waals surface area contributed by atoms with Crippen molar-refractivity contribution in [2.75, 3.05) is 6.54 Å². The molecule has 8 nitrogen and oxygen atoms in total. The third-order valence-electron chi connectivity index (χ3n) is 0.914. The van der Waals surface area contributed by atoms with Crippen molar-refractivity contribution in [2.24, 2.45) is 5.84 Å². The van der Waals surface area contributed by atoms with Gasteiger partial charge >= 0.3 is 0 Å². The van der Waals surface area contributed by atoms with Gasteiger partial charge in [-0.25, -0.2) is 0 Å². The lowest BCUT2D eigenvalue weighted by Crippen LogP contribution is -2.29. The lowest BCUT2D eigenvalue weighted by atomic mass is 10.3. The van der Waals surface area contributed by atoms with Gasteiger partial charge in [0.15, 0.2) is 0 Å². The van der Waals surface area contributed by atoms with Crippen LogP contribution in [0.15, 0.2) is 0 Å². The highest BCUT2D eigenvalue weighted by molar-refractivity contribution is 4.61. The second-order valence-electron chi connectivity index (χ2n) is 1.63. The Morgan fingerprint density at radius 2 is 1.82 bits per heavy atom. The monoisotopic (exact) mass is 163 g/mol. The Morgan fingerprint density at radius 1 is 1.36 bits per heavy atom. The lowest BCUT2D eigenvalue weighted by molar-refractivity contribution is -0.671. The van der Waals surface area contributed by atoms with Crippen LogP contribution >= 0.6 is 0 Å². The molecule has 3 N–H and O–H groups in total. The minimum Gasteiger partial charge on any atom is -0.289 e. The number of hydrogen-bond donors (Lipinski definition) is 2. The SMILES string of the molecule is NNCC[C-]([N+](=O)[O-])[N+](=O)[O-]. The van der Waals surface area contributed by atoms with Gasteiger partial charge in [-0.2, -0.15) is 0 Å². The van der Waals surface area contributed by atoms with Gasteiger partial charge in [0.05, 0.1) is 0 Å². The van der Waals surface area contributed by atoms with Crippen LogP contribution in [0.2, 0.25) is 0 Å². The molecule has 0 saturated carbocycles. The Balaban J connectivity index is 3.90. The van der Waals surface area contributed by atoms with E-state index < -0.39 is 16.0 Å². The molecule has 0 unspecified atom stereocenters. The summed E-state index contributed by atoms with van der Waals surface area (Å²) in [4.78, 5) is 17.7. The molecule has 0 radical (unpaired) electrons. The maximum atomic E-state index is 9.91. The first kappa shape index (κ1) is 9.59. The molecular formula is C3H7N4O4-. The Bertz CT molecular complexity index is 145. The van der Waals surface area contributed by atoms with Gasteiger partial charge in [0, 0.05) is 0 Å². The van der Waals surface area contributed by atoms with E-state index in [0.29, 0.717) is 0 Å². The van der Waals surface area contributed by atoms with E-state index in [0.717, 1.165) is 0 Å². The lowest BCUT2D eigenvalue weighted by Gasteiger charge is -2.10. The summed E-state index contributed by atoms with van der Waals surface area (Å²) in [7, 11) is 0. The number of nitrogens with two attached hydrogens (primary N) is 1. The molecule has 0 fully saturated rings. The number of hydrazine groups is 1. The van der Waals surface area contributed by atoms with Crippen molar-refractivity contribution < 1.29 is 9.85 Å². The minimum atomic E-state index is -1.03. The molecular weight excluding hydrogens is 156 g/mol. The number of hydrogen-bond acceptors (Lipinski definition) is 6. The summed E-state index contributed by atoms with van der Waals surface area (Å²) in [5.74, 6) is 4.77. The van der Waals surface area contributed by atoms with Gasteiger partial charge in [0.2, 0.25) is 0 Å². The zero-order chi connectivity index (χ0) is 8.85. The van der Waals surface area contributed by atoms with Crippen LogP contribution in [0.25, 0.3) is 0 Å². The Kier molecular flexibility index (Phi) is 3.85.